The van der Waals surface area contributed by atoms with Gasteiger partial charge >= 0.3 is 5.97 Å². The first-order chi connectivity index (χ1) is 8.82. The molecule has 1 aliphatic carbocycles. The molecule has 2 rings (SSSR count). The number of carboxylic acids is 1. The summed E-state index contributed by atoms with van der Waals surface area (Å²) in [5.74, 6) is -2.25. The smallest absolute Gasteiger partial charge is 0.307 e. The second-order valence-corrected chi connectivity index (χ2v) is 8.14. The molecule has 19 heavy (non-hydrogen) atoms. The molecule has 0 amide bonds. The highest BCUT2D eigenvalue weighted by atomic mass is 32.2. The van der Waals surface area contributed by atoms with Gasteiger partial charge in [-0.1, -0.05) is 19.8 Å². The normalized spacial score (nSPS) is 27.7. The average Bonchev–Trinajstić information content (AvgIpc) is 2.88. The third kappa shape index (κ3) is 3.69. The van der Waals surface area contributed by atoms with Crippen LogP contribution in [0.2, 0.25) is 0 Å². The highest BCUT2D eigenvalue weighted by Gasteiger charge is 2.43. The van der Waals surface area contributed by atoms with Gasteiger partial charge in [0.25, 0.3) is 0 Å². The Morgan fingerprint density at radius 1 is 1.37 bits per heavy atom. The first-order valence-electron chi connectivity index (χ1n) is 6.93. The number of hydrogen-bond donors (Lipinski definition) is 1. The summed E-state index contributed by atoms with van der Waals surface area (Å²) in [6, 6.07) is 0. The number of hydrogen-bond acceptors (Lipinski definition) is 4. The first kappa shape index (κ1) is 14.8. The Labute approximate surface area is 114 Å². The molecule has 6 heteroatoms. The lowest BCUT2D eigenvalue weighted by molar-refractivity contribution is -0.140. The number of ether oxygens (including phenoxy) is 1. The van der Waals surface area contributed by atoms with E-state index >= 15 is 0 Å². The summed E-state index contributed by atoms with van der Waals surface area (Å²) >= 11 is 0. The number of sulfone groups is 1. The molecule has 0 aromatic carbocycles. The van der Waals surface area contributed by atoms with Crippen LogP contribution in [0.3, 0.4) is 0 Å². The molecule has 1 spiro atoms. The molecule has 1 saturated carbocycles. The van der Waals surface area contributed by atoms with Gasteiger partial charge in [-0.05, 0) is 25.7 Å². The van der Waals surface area contributed by atoms with Gasteiger partial charge in [-0.25, -0.2) is 8.42 Å². The highest BCUT2D eigenvalue weighted by Crippen LogP contribution is 2.43. The van der Waals surface area contributed by atoms with Gasteiger partial charge in [0.1, 0.15) is 0 Å². The Balaban J connectivity index is 1.89. The molecule has 0 radical (unpaired) electrons. The Bertz CT molecular complexity index is 436. The van der Waals surface area contributed by atoms with E-state index in [1.165, 1.54) is 6.92 Å². The van der Waals surface area contributed by atoms with Gasteiger partial charge in [0.05, 0.1) is 29.1 Å². The molecule has 110 valence electrons. The Morgan fingerprint density at radius 3 is 2.58 bits per heavy atom. The molecule has 2 fully saturated rings. The van der Waals surface area contributed by atoms with Gasteiger partial charge in [-0.2, -0.15) is 0 Å². The van der Waals surface area contributed by atoms with Crippen LogP contribution in [0, 0.1) is 5.92 Å². The molecule has 1 N–H and O–H groups in total. The largest absolute Gasteiger partial charge is 0.481 e. The van der Waals surface area contributed by atoms with E-state index in [-0.39, 0.29) is 23.2 Å². The van der Waals surface area contributed by atoms with Gasteiger partial charge in [0.15, 0.2) is 9.84 Å². The van der Waals surface area contributed by atoms with E-state index in [9.17, 15) is 13.2 Å². The van der Waals surface area contributed by atoms with Crippen LogP contribution in [0.25, 0.3) is 0 Å². The molecule has 0 aromatic rings. The van der Waals surface area contributed by atoms with Crippen LogP contribution in [0.5, 0.6) is 0 Å². The van der Waals surface area contributed by atoms with Crippen molar-refractivity contribution in [1.29, 1.82) is 0 Å². The van der Waals surface area contributed by atoms with E-state index in [2.05, 4.69) is 0 Å². The summed E-state index contributed by atoms with van der Waals surface area (Å²) in [5.41, 5.74) is -0.0708. The SMILES string of the molecule is CC(CS(=O)(=O)CC1CCC2(CCCC2)O1)C(=O)O. The second-order valence-electron chi connectivity index (χ2n) is 5.98. The Morgan fingerprint density at radius 2 is 2.00 bits per heavy atom. The molecule has 1 aliphatic heterocycles. The lowest BCUT2D eigenvalue weighted by Gasteiger charge is -2.23. The van der Waals surface area contributed by atoms with Gasteiger partial charge in [0.2, 0.25) is 0 Å². The van der Waals surface area contributed by atoms with Crippen LogP contribution in [-0.2, 0) is 19.4 Å². The standard InChI is InChI=1S/C13H22O5S/c1-10(12(14)15)8-19(16,17)9-11-4-7-13(18-11)5-2-3-6-13/h10-11H,2-9H2,1H3,(H,14,15). The molecule has 1 heterocycles. The predicted molar refractivity (Wildman–Crippen MR) is 70.8 cm³/mol. The van der Waals surface area contributed by atoms with Crippen molar-refractivity contribution in [3.63, 3.8) is 0 Å². The molecule has 2 aliphatic rings. The lowest BCUT2D eigenvalue weighted by atomic mass is 9.98. The number of aliphatic carboxylic acids is 1. The minimum absolute atomic E-state index is 0.0353. The maximum absolute atomic E-state index is 12.0. The molecule has 2 atom stereocenters. The number of carbonyl (C=O) groups is 1. The zero-order valence-corrected chi connectivity index (χ0v) is 12.1. The van der Waals surface area contributed by atoms with Crippen molar-refractivity contribution in [3.8, 4) is 0 Å². The second kappa shape index (κ2) is 5.40. The number of carboxylic acid groups (broad SMARTS) is 1. The molecule has 0 aromatic heterocycles. The van der Waals surface area contributed by atoms with Crippen LogP contribution < -0.4 is 0 Å². The van der Waals surface area contributed by atoms with Gasteiger partial charge < -0.3 is 9.84 Å². The summed E-state index contributed by atoms with van der Waals surface area (Å²) in [4.78, 5) is 10.7. The third-order valence-corrected chi connectivity index (χ3v) is 6.11. The highest BCUT2D eigenvalue weighted by molar-refractivity contribution is 7.91. The molecule has 5 nitrogen and oxygen atoms in total. The van der Waals surface area contributed by atoms with Crippen molar-refractivity contribution < 1.29 is 23.1 Å². The van der Waals surface area contributed by atoms with E-state index in [0.717, 1.165) is 38.5 Å². The predicted octanol–water partition coefficient (Wildman–Crippen LogP) is 1.61. The fraction of sp³-hybridized carbons (Fsp3) is 0.923. The van der Waals surface area contributed by atoms with Gasteiger partial charge in [-0.15, -0.1) is 0 Å². The van der Waals surface area contributed by atoms with E-state index in [4.69, 9.17) is 9.84 Å². The van der Waals surface area contributed by atoms with Crippen LogP contribution >= 0.6 is 0 Å². The van der Waals surface area contributed by atoms with Crippen molar-refractivity contribution >= 4 is 15.8 Å². The van der Waals surface area contributed by atoms with Crippen LogP contribution in [-0.4, -0.2) is 42.7 Å². The first-order valence-corrected chi connectivity index (χ1v) is 8.75. The van der Waals surface area contributed by atoms with E-state index in [0.29, 0.717) is 0 Å². The summed E-state index contributed by atoms with van der Waals surface area (Å²) < 4.78 is 29.9. The zero-order valence-electron chi connectivity index (χ0n) is 11.3. The Hall–Kier alpha value is -0.620. The van der Waals surface area contributed by atoms with Crippen LogP contribution in [0.1, 0.15) is 45.4 Å². The minimum atomic E-state index is -3.36. The number of rotatable bonds is 5. The minimum Gasteiger partial charge on any atom is -0.481 e. The van der Waals surface area contributed by atoms with Crippen LogP contribution in [0.4, 0.5) is 0 Å². The lowest BCUT2D eigenvalue weighted by Crippen LogP contribution is -2.31. The fourth-order valence-corrected chi connectivity index (χ4v) is 5.05. The van der Waals surface area contributed by atoms with Gasteiger partial charge in [0, 0.05) is 0 Å². The van der Waals surface area contributed by atoms with Gasteiger partial charge in [-0.3, -0.25) is 4.79 Å². The molecule has 2 unspecified atom stereocenters. The van der Waals surface area contributed by atoms with Crippen LogP contribution in [0.15, 0.2) is 0 Å². The maximum atomic E-state index is 12.0. The molecule has 1 saturated heterocycles. The molecule has 0 bridgehead atoms. The summed E-state index contributed by atoms with van der Waals surface area (Å²) in [6.45, 7) is 1.42. The monoisotopic (exact) mass is 290 g/mol. The zero-order chi connectivity index (χ0) is 14.1. The van der Waals surface area contributed by atoms with Crippen molar-refractivity contribution in [2.75, 3.05) is 11.5 Å². The average molecular weight is 290 g/mol. The topological polar surface area (TPSA) is 80.7 Å². The third-order valence-electron chi connectivity index (χ3n) is 4.22. The van der Waals surface area contributed by atoms with E-state index in [1.54, 1.807) is 0 Å². The quantitative estimate of drug-likeness (QED) is 0.832. The summed E-state index contributed by atoms with van der Waals surface area (Å²) in [5, 5.41) is 8.78. The summed E-state index contributed by atoms with van der Waals surface area (Å²) in [6.07, 6.45) is 5.88. The Kier molecular flexibility index (Phi) is 4.20. The summed E-state index contributed by atoms with van der Waals surface area (Å²) in [7, 11) is -3.36. The van der Waals surface area contributed by atoms with Crippen molar-refractivity contribution in [1.82, 2.24) is 0 Å². The van der Waals surface area contributed by atoms with E-state index < -0.39 is 21.7 Å². The molecular formula is C13H22O5S. The van der Waals surface area contributed by atoms with Crippen molar-refractivity contribution in [2.45, 2.75) is 57.2 Å². The van der Waals surface area contributed by atoms with E-state index in [1.807, 2.05) is 0 Å². The van der Waals surface area contributed by atoms with Crippen molar-refractivity contribution in [3.05, 3.63) is 0 Å². The van der Waals surface area contributed by atoms with Crippen molar-refractivity contribution in [2.24, 2.45) is 5.92 Å². The fourth-order valence-electron chi connectivity index (χ4n) is 3.20. The molecular weight excluding hydrogens is 268 g/mol. The maximum Gasteiger partial charge on any atom is 0.307 e.